The summed E-state index contributed by atoms with van der Waals surface area (Å²) in [7, 11) is 0. The van der Waals surface area contributed by atoms with Crippen molar-refractivity contribution in [2.75, 3.05) is 29.9 Å². The summed E-state index contributed by atoms with van der Waals surface area (Å²) in [6.07, 6.45) is 0.209. The Morgan fingerprint density at radius 3 is 2.38 bits per heavy atom. The van der Waals surface area contributed by atoms with Crippen molar-refractivity contribution in [2.45, 2.75) is 34.1 Å². The van der Waals surface area contributed by atoms with Crippen LogP contribution in [0, 0.1) is 25.7 Å². The number of rotatable bonds is 8. The van der Waals surface area contributed by atoms with E-state index in [4.69, 9.17) is 4.74 Å². The van der Waals surface area contributed by atoms with E-state index in [0.29, 0.717) is 30.4 Å². The van der Waals surface area contributed by atoms with E-state index in [2.05, 4.69) is 10.6 Å². The van der Waals surface area contributed by atoms with Crippen LogP contribution in [-0.2, 0) is 14.4 Å². The van der Waals surface area contributed by atoms with Crippen molar-refractivity contribution in [3.05, 3.63) is 53.6 Å². The van der Waals surface area contributed by atoms with Crippen LogP contribution in [-0.4, -0.2) is 37.4 Å². The third-order valence-corrected chi connectivity index (χ3v) is 5.20. The number of hydrogen-bond acceptors (Lipinski definition) is 4. The molecule has 0 spiro atoms. The number of anilines is 2. The fourth-order valence-electron chi connectivity index (χ4n) is 3.70. The van der Waals surface area contributed by atoms with E-state index in [1.165, 1.54) is 0 Å². The Bertz CT molecular complexity index is 965. The molecule has 1 aliphatic heterocycles. The molecule has 7 nitrogen and oxygen atoms in total. The van der Waals surface area contributed by atoms with Crippen molar-refractivity contribution in [1.29, 1.82) is 0 Å². The highest BCUT2D eigenvalue weighted by molar-refractivity contribution is 6.00. The van der Waals surface area contributed by atoms with Crippen LogP contribution in [0.25, 0.3) is 0 Å². The van der Waals surface area contributed by atoms with Gasteiger partial charge in [0.1, 0.15) is 5.75 Å². The fraction of sp³-hybridized carbons (Fsp3) is 0.400. The number of ether oxygens (including phenoxy) is 1. The monoisotopic (exact) mass is 437 g/mol. The lowest BCUT2D eigenvalue weighted by Gasteiger charge is -2.17. The highest BCUT2D eigenvalue weighted by Crippen LogP contribution is 2.27. The molecule has 2 N–H and O–H groups in total. The molecule has 1 fully saturated rings. The fourth-order valence-corrected chi connectivity index (χ4v) is 3.70. The smallest absolute Gasteiger partial charge is 0.262 e. The van der Waals surface area contributed by atoms with E-state index in [0.717, 1.165) is 16.8 Å². The second-order valence-electron chi connectivity index (χ2n) is 8.75. The summed E-state index contributed by atoms with van der Waals surface area (Å²) in [4.78, 5) is 38.5. The van der Waals surface area contributed by atoms with Crippen LogP contribution < -0.4 is 20.3 Å². The Hall–Kier alpha value is -3.35. The topological polar surface area (TPSA) is 87.7 Å². The predicted molar refractivity (Wildman–Crippen MR) is 125 cm³/mol. The van der Waals surface area contributed by atoms with Gasteiger partial charge in [-0.2, -0.15) is 0 Å². The van der Waals surface area contributed by atoms with Gasteiger partial charge in [0.15, 0.2) is 6.61 Å². The number of nitrogens with zero attached hydrogens (tertiary/aromatic N) is 1. The zero-order valence-corrected chi connectivity index (χ0v) is 19.1. The van der Waals surface area contributed by atoms with Crippen molar-refractivity contribution >= 4 is 29.1 Å². The molecule has 3 amide bonds. The molecule has 0 bridgehead atoms. The van der Waals surface area contributed by atoms with Gasteiger partial charge in [-0.3, -0.25) is 14.4 Å². The van der Waals surface area contributed by atoms with Crippen LogP contribution >= 0.6 is 0 Å². The Morgan fingerprint density at radius 2 is 1.75 bits per heavy atom. The minimum Gasteiger partial charge on any atom is -0.484 e. The zero-order chi connectivity index (χ0) is 23.3. The second kappa shape index (κ2) is 10.3. The van der Waals surface area contributed by atoms with Crippen LogP contribution in [0.15, 0.2) is 42.5 Å². The highest BCUT2D eigenvalue weighted by atomic mass is 16.5. The number of aryl methyl sites for hydroxylation is 2. The first-order chi connectivity index (χ1) is 15.2. The number of nitrogens with one attached hydrogen (secondary N) is 2. The van der Waals surface area contributed by atoms with Crippen molar-refractivity contribution in [3.8, 4) is 5.75 Å². The van der Waals surface area contributed by atoms with Gasteiger partial charge in [-0.1, -0.05) is 19.9 Å². The van der Waals surface area contributed by atoms with Gasteiger partial charge in [-0.25, -0.2) is 0 Å². The summed E-state index contributed by atoms with van der Waals surface area (Å²) in [6.45, 7) is 8.87. The number of hydrogen-bond donors (Lipinski definition) is 2. The highest BCUT2D eigenvalue weighted by Gasteiger charge is 2.35. The summed E-state index contributed by atoms with van der Waals surface area (Å²) >= 11 is 0. The summed E-state index contributed by atoms with van der Waals surface area (Å²) in [5, 5.41) is 5.73. The Labute approximate surface area is 189 Å². The Kier molecular flexibility index (Phi) is 7.51. The molecular weight excluding hydrogens is 406 g/mol. The number of amides is 3. The summed E-state index contributed by atoms with van der Waals surface area (Å²) in [5.74, 6) is 0.153. The van der Waals surface area contributed by atoms with Gasteiger partial charge in [0.05, 0.1) is 5.92 Å². The molecule has 2 aromatic rings. The van der Waals surface area contributed by atoms with Gasteiger partial charge in [-0.05, 0) is 67.3 Å². The average Bonchev–Trinajstić information content (AvgIpc) is 3.12. The maximum Gasteiger partial charge on any atom is 0.262 e. The lowest BCUT2D eigenvalue weighted by atomic mass is 10.1. The first kappa shape index (κ1) is 23.3. The number of carbonyl (C=O) groups excluding carboxylic acids is 3. The Morgan fingerprint density at radius 1 is 1.09 bits per heavy atom. The molecule has 0 aliphatic carbocycles. The third-order valence-electron chi connectivity index (χ3n) is 5.20. The van der Waals surface area contributed by atoms with Gasteiger partial charge in [0.2, 0.25) is 11.8 Å². The molecular formula is C25H31N3O4. The van der Waals surface area contributed by atoms with E-state index in [1.54, 1.807) is 29.2 Å². The first-order valence-corrected chi connectivity index (χ1v) is 10.9. The van der Waals surface area contributed by atoms with Gasteiger partial charge in [0.25, 0.3) is 5.91 Å². The van der Waals surface area contributed by atoms with Gasteiger partial charge < -0.3 is 20.3 Å². The van der Waals surface area contributed by atoms with E-state index >= 15 is 0 Å². The van der Waals surface area contributed by atoms with Crippen LogP contribution in [0.1, 0.15) is 31.4 Å². The van der Waals surface area contributed by atoms with Crippen molar-refractivity contribution in [3.63, 3.8) is 0 Å². The molecule has 3 rings (SSSR count). The molecule has 0 unspecified atom stereocenters. The van der Waals surface area contributed by atoms with E-state index in [1.807, 2.05) is 45.9 Å². The maximum absolute atomic E-state index is 12.4. The second-order valence-corrected chi connectivity index (χ2v) is 8.75. The molecule has 2 aromatic carbocycles. The quantitative estimate of drug-likeness (QED) is 0.662. The van der Waals surface area contributed by atoms with Crippen LogP contribution in [0.5, 0.6) is 5.75 Å². The van der Waals surface area contributed by atoms with E-state index < -0.39 is 0 Å². The van der Waals surface area contributed by atoms with Crippen molar-refractivity contribution in [2.24, 2.45) is 11.8 Å². The molecule has 0 aromatic heterocycles. The predicted octanol–water partition coefficient (Wildman–Crippen LogP) is 3.45. The number of benzene rings is 2. The SMILES string of the molecule is Cc1cc(C)cc(NC(=O)COc2ccc(N3C[C@H](C(=O)NCC(C)C)CC3=O)cc2)c1. The lowest BCUT2D eigenvalue weighted by molar-refractivity contribution is -0.126. The molecule has 170 valence electrons. The van der Waals surface area contributed by atoms with Crippen molar-refractivity contribution in [1.82, 2.24) is 5.32 Å². The normalized spacial score (nSPS) is 15.7. The average molecular weight is 438 g/mol. The molecule has 1 atom stereocenters. The van der Waals surface area contributed by atoms with Gasteiger partial charge in [-0.15, -0.1) is 0 Å². The van der Waals surface area contributed by atoms with E-state index in [9.17, 15) is 14.4 Å². The van der Waals surface area contributed by atoms with Crippen molar-refractivity contribution < 1.29 is 19.1 Å². The molecule has 1 saturated heterocycles. The van der Waals surface area contributed by atoms with Crippen LogP contribution in [0.3, 0.4) is 0 Å². The molecule has 1 aliphatic rings. The molecule has 1 heterocycles. The standard InChI is InChI=1S/C25H31N3O4/c1-16(2)13-26-25(31)19-12-24(30)28(14-19)21-5-7-22(8-6-21)32-15-23(29)27-20-10-17(3)9-18(4)11-20/h5-11,16,19H,12-15H2,1-4H3,(H,26,31)(H,27,29)/t19-/m1/s1. The zero-order valence-electron chi connectivity index (χ0n) is 19.1. The lowest BCUT2D eigenvalue weighted by Crippen LogP contribution is -2.35. The number of carbonyl (C=O) groups is 3. The van der Waals surface area contributed by atoms with Gasteiger partial charge >= 0.3 is 0 Å². The van der Waals surface area contributed by atoms with Crippen LogP contribution in [0.4, 0.5) is 11.4 Å². The third kappa shape index (κ3) is 6.33. The molecule has 0 radical (unpaired) electrons. The van der Waals surface area contributed by atoms with E-state index in [-0.39, 0.29) is 36.7 Å². The minimum absolute atomic E-state index is 0.0730. The molecule has 0 saturated carbocycles. The minimum atomic E-state index is -0.342. The Balaban J connectivity index is 1.52. The summed E-state index contributed by atoms with van der Waals surface area (Å²) in [6, 6.07) is 12.8. The summed E-state index contributed by atoms with van der Waals surface area (Å²) in [5.41, 5.74) is 3.60. The molecule has 7 heteroatoms. The van der Waals surface area contributed by atoms with Gasteiger partial charge in [0, 0.05) is 30.9 Å². The largest absolute Gasteiger partial charge is 0.484 e. The molecule has 32 heavy (non-hydrogen) atoms. The first-order valence-electron chi connectivity index (χ1n) is 10.9. The maximum atomic E-state index is 12.4. The summed E-state index contributed by atoms with van der Waals surface area (Å²) < 4.78 is 5.58. The van der Waals surface area contributed by atoms with Crippen LogP contribution in [0.2, 0.25) is 0 Å².